The van der Waals surface area contributed by atoms with Gasteiger partial charge < -0.3 is 4.74 Å². The van der Waals surface area contributed by atoms with Gasteiger partial charge >= 0.3 is 0 Å². The molecule has 0 spiro atoms. The number of hydrogen-bond acceptors (Lipinski definition) is 1. The van der Waals surface area contributed by atoms with Crippen LogP contribution in [0.2, 0.25) is 0 Å². The minimum absolute atomic E-state index is 0.822. The molecule has 0 atom stereocenters. The second-order valence-corrected chi connectivity index (χ2v) is 4.49. The molecule has 17 heavy (non-hydrogen) atoms. The Labute approximate surface area is 103 Å². The number of hydrogen-bond donors (Lipinski definition) is 0. The first-order valence-electron chi connectivity index (χ1n) is 6.44. The van der Waals surface area contributed by atoms with E-state index in [0.29, 0.717) is 0 Å². The van der Waals surface area contributed by atoms with Crippen LogP contribution < -0.4 is 4.74 Å². The summed E-state index contributed by atoms with van der Waals surface area (Å²) in [6, 6.07) is 12.7. The Morgan fingerprint density at radius 3 is 2.65 bits per heavy atom. The van der Waals surface area contributed by atoms with E-state index in [1.54, 1.807) is 0 Å². The molecule has 0 N–H and O–H groups in total. The number of benzene rings is 2. The molecular weight excluding hydrogens is 208 g/mol. The maximum atomic E-state index is 5.95. The average molecular weight is 228 g/mol. The summed E-state index contributed by atoms with van der Waals surface area (Å²) in [7, 11) is 0. The van der Waals surface area contributed by atoms with Crippen molar-refractivity contribution in [2.45, 2.75) is 33.1 Å². The summed E-state index contributed by atoms with van der Waals surface area (Å²) in [4.78, 5) is 0. The highest BCUT2D eigenvalue weighted by molar-refractivity contribution is 5.89. The molecule has 1 heteroatoms. The second kappa shape index (κ2) is 5.72. The van der Waals surface area contributed by atoms with E-state index in [9.17, 15) is 0 Å². The van der Waals surface area contributed by atoms with Crippen LogP contribution in [0, 0.1) is 6.92 Å². The van der Waals surface area contributed by atoms with Crippen molar-refractivity contribution < 1.29 is 4.74 Å². The molecule has 0 heterocycles. The standard InChI is InChI=1S/C16H20O/c1-3-4-7-12-17-16-13(2)10-11-14-8-5-6-9-15(14)16/h5-6,8-11H,3-4,7,12H2,1-2H3. The van der Waals surface area contributed by atoms with Gasteiger partial charge in [-0.1, -0.05) is 56.2 Å². The van der Waals surface area contributed by atoms with Crippen LogP contribution in [0.4, 0.5) is 0 Å². The number of rotatable bonds is 5. The SMILES string of the molecule is CCCCCOc1c(C)ccc2ccccc12. The van der Waals surface area contributed by atoms with E-state index < -0.39 is 0 Å². The fraction of sp³-hybridized carbons (Fsp3) is 0.375. The average Bonchev–Trinajstić information content (AvgIpc) is 2.37. The summed E-state index contributed by atoms with van der Waals surface area (Å²) in [6.45, 7) is 5.15. The van der Waals surface area contributed by atoms with Gasteiger partial charge in [-0.3, -0.25) is 0 Å². The molecular formula is C16H20O. The quantitative estimate of drug-likeness (QED) is 0.673. The molecule has 0 saturated heterocycles. The van der Waals surface area contributed by atoms with Crippen LogP contribution in [-0.4, -0.2) is 6.61 Å². The number of ether oxygens (including phenoxy) is 1. The van der Waals surface area contributed by atoms with Crippen molar-refractivity contribution in [2.75, 3.05) is 6.61 Å². The summed E-state index contributed by atoms with van der Waals surface area (Å²) >= 11 is 0. The molecule has 0 aromatic heterocycles. The third kappa shape index (κ3) is 2.79. The van der Waals surface area contributed by atoms with Gasteiger partial charge in [0.1, 0.15) is 5.75 Å². The van der Waals surface area contributed by atoms with Crippen LogP contribution in [0.3, 0.4) is 0 Å². The van der Waals surface area contributed by atoms with E-state index >= 15 is 0 Å². The number of unbranched alkanes of at least 4 members (excludes halogenated alkanes) is 2. The lowest BCUT2D eigenvalue weighted by atomic mass is 10.1. The van der Waals surface area contributed by atoms with Crippen LogP contribution in [0.5, 0.6) is 5.75 Å². The van der Waals surface area contributed by atoms with Gasteiger partial charge in [-0.05, 0) is 24.3 Å². The van der Waals surface area contributed by atoms with Crippen molar-refractivity contribution >= 4 is 10.8 Å². The molecule has 0 unspecified atom stereocenters. The minimum Gasteiger partial charge on any atom is -0.493 e. The molecule has 0 radical (unpaired) electrons. The maximum absolute atomic E-state index is 5.95. The van der Waals surface area contributed by atoms with Crippen LogP contribution in [0.15, 0.2) is 36.4 Å². The summed E-state index contributed by atoms with van der Waals surface area (Å²) < 4.78 is 5.95. The van der Waals surface area contributed by atoms with Gasteiger partial charge in [0, 0.05) is 5.39 Å². The molecule has 90 valence electrons. The number of aryl methyl sites for hydroxylation is 1. The Hall–Kier alpha value is -1.50. The normalized spacial score (nSPS) is 10.7. The fourth-order valence-corrected chi connectivity index (χ4v) is 2.07. The first-order valence-corrected chi connectivity index (χ1v) is 6.44. The van der Waals surface area contributed by atoms with Crippen molar-refractivity contribution in [3.8, 4) is 5.75 Å². The topological polar surface area (TPSA) is 9.23 Å². The first-order chi connectivity index (χ1) is 8.33. The molecule has 2 rings (SSSR count). The molecule has 0 aliphatic carbocycles. The molecule has 0 amide bonds. The smallest absolute Gasteiger partial charge is 0.130 e. The highest BCUT2D eigenvalue weighted by atomic mass is 16.5. The third-order valence-corrected chi connectivity index (χ3v) is 3.07. The van der Waals surface area contributed by atoms with E-state index in [4.69, 9.17) is 4.74 Å². The number of fused-ring (bicyclic) bond motifs is 1. The van der Waals surface area contributed by atoms with Gasteiger partial charge in [-0.2, -0.15) is 0 Å². The summed E-state index contributed by atoms with van der Waals surface area (Å²) in [5.74, 6) is 1.05. The second-order valence-electron chi connectivity index (χ2n) is 4.49. The van der Waals surface area contributed by atoms with Crippen LogP contribution in [-0.2, 0) is 0 Å². The molecule has 0 aliphatic heterocycles. The van der Waals surface area contributed by atoms with Crippen molar-refractivity contribution in [3.05, 3.63) is 42.0 Å². The first kappa shape index (κ1) is 12.0. The lowest BCUT2D eigenvalue weighted by Crippen LogP contribution is -1.99. The molecule has 1 nitrogen and oxygen atoms in total. The highest BCUT2D eigenvalue weighted by Crippen LogP contribution is 2.29. The molecule has 0 saturated carbocycles. The largest absolute Gasteiger partial charge is 0.493 e. The van der Waals surface area contributed by atoms with Crippen molar-refractivity contribution in [1.82, 2.24) is 0 Å². The van der Waals surface area contributed by atoms with Gasteiger partial charge in [-0.15, -0.1) is 0 Å². The van der Waals surface area contributed by atoms with Crippen LogP contribution >= 0.6 is 0 Å². The lowest BCUT2D eigenvalue weighted by Gasteiger charge is -2.12. The zero-order valence-electron chi connectivity index (χ0n) is 10.7. The Morgan fingerprint density at radius 1 is 1.00 bits per heavy atom. The Bertz CT molecular complexity index is 488. The van der Waals surface area contributed by atoms with Gasteiger partial charge in [0.15, 0.2) is 0 Å². The molecule has 0 fully saturated rings. The highest BCUT2D eigenvalue weighted by Gasteiger charge is 2.04. The summed E-state index contributed by atoms with van der Waals surface area (Å²) in [6.07, 6.45) is 3.61. The summed E-state index contributed by atoms with van der Waals surface area (Å²) in [5, 5.41) is 2.48. The molecule has 0 bridgehead atoms. The van der Waals surface area contributed by atoms with Gasteiger partial charge in [0.05, 0.1) is 6.61 Å². The zero-order chi connectivity index (χ0) is 12.1. The van der Waals surface area contributed by atoms with Crippen molar-refractivity contribution in [2.24, 2.45) is 0 Å². The Morgan fingerprint density at radius 2 is 1.82 bits per heavy atom. The van der Waals surface area contributed by atoms with Gasteiger partial charge in [0.25, 0.3) is 0 Å². The fourth-order valence-electron chi connectivity index (χ4n) is 2.07. The van der Waals surface area contributed by atoms with E-state index in [-0.39, 0.29) is 0 Å². The predicted molar refractivity (Wildman–Crippen MR) is 73.7 cm³/mol. The maximum Gasteiger partial charge on any atom is 0.130 e. The van der Waals surface area contributed by atoms with Gasteiger partial charge in [-0.25, -0.2) is 0 Å². The summed E-state index contributed by atoms with van der Waals surface area (Å²) in [5.41, 5.74) is 1.22. The van der Waals surface area contributed by atoms with Crippen LogP contribution in [0.25, 0.3) is 10.8 Å². The molecule has 2 aromatic carbocycles. The van der Waals surface area contributed by atoms with Gasteiger partial charge in [0.2, 0.25) is 0 Å². The monoisotopic (exact) mass is 228 g/mol. The minimum atomic E-state index is 0.822. The van der Waals surface area contributed by atoms with E-state index in [0.717, 1.165) is 18.8 Å². The zero-order valence-corrected chi connectivity index (χ0v) is 10.7. The van der Waals surface area contributed by atoms with E-state index in [2.05, 4.69) is 50.2 Å². The molecule has 0 aliphatic rings. The van der Waals surface area contributed by atoms with E-state index in [1.807, 2.05) is 0 Å². The van der Waals surface area contributed by atoms with Crippen molar-refractivity contribution in [3.63, 3.8) is 0 Å². The molecule has 2 aromatic rings. The third-order valence-electron chi connectivity index (χ3n) is 3.07. The van der Waals surface area contributed by atoms with E-state index in [1.165, 1.54) is 29.2 Å². The van der Waals surface area contributed by atoms with Crippen molar-refractivity contribution in [1.29, 1.82) is 0 Å². The predicted octanol–water partition coefficient (Wildman–Crippen LogP) is 4.72. The Kier molecular flexibility index (Phi) is 4.03. The lowest BCUT2D eigenvalue weighted by molar-refractivity contribution is 0.308. The van der Waals surface area contributed by atoms with Crippen LogP contribution in [0.1, 0.15) is 31.7 Å². The Balaban J connectivity index is 2.22.